The van der Waals surface area contributed by atoms with Crippen molar-refractivity contribution in [2.75, 3.05) is 19.8 Å². The van der Waals surface area contributed by atoms with Crippen molar-refractivity contribution < 1.29 is 55.1 Å². The first-order chi connectivity index (χ1) is 14.6. The third kappa shape index (κ3) is 4.55. The van der Waals surface area contributed by atoms with E-state index in [0.29, 0.717) is 12.8 Å². The van der Waals surface area contributed by atoms with E-state index >= 15 is 0 Å². The van der Waals surface area contributed by atoms with E-state index in [1.807, 2.05) is 6.92 Å². The lowest BCUT2D eigenvalue weighted by Crippen LogP contribution is -2.75. The molecule has 8 N–H and O–H groups in total. The topological polar surface area (TPSA) is 190 Å². The third-order valence-electron chi connectivity index (χ3n) is 6.19. The second-order valence-electron chi connectivity index (χ2n) is 8.25. The lowest BCUT2D eigenvalue weighted by molar-refractivity contribution is -0.458. The number of ether oxygens (including phenoxy) is 3. The zero-order valence-corrected chi connectivity index (χ0v) is 17.7. The second kappa shape index (κ2) is 10.5. The molecule has 0 bridgehead atoms. The number of aliphatic hydroxyl groups is 8. The first-order valence-electron chi connectivity index (χ1n) is 10.6. The van der Waals surface area contributed by atoms with Crippen molar-refractivity contribution in [2.24, 2.45) is 0 Å². The van der Waals surface area contributed by atoms with Crippen molar-refractivity contribution in [3.63, 3.8) is 0 Å². The standard InChI is InChI=1S/C20H36O11/c1-3-5-6-8-18(28)16(26)14(24)13(10-22)30-20(18,7-4-2)31-19(11-23)17(27)15(25)12(9-21)29-19/h4,12-17,21-28H,2-3,5-11H2,1H3/t12-,13-,14-,15-,16+,17+,18-,19?,20+/m1/s1. The number of hydrogen-bond donors (Lipinski definition) is 8. The van der Waals surface area contributed by atoms with Crippen LogP contribution in [0.15, 0.2) is 12.7 Å². The van der Waals surface area contributed by atoms with Gasteiger partial charge in [0, 0.05) is 6.42 Å². The van der Waals surface area contributed by atoms with Crippen LogP contribution in [-0.4, -0.2) is 114 Å². The lowest BCUT2D eigenvalue weighted by Gasteiger charge is -2.57. The van der Waals surface area contributed by atoms with Crippen LogP contribution < -0.4 is 0 Å². The van der Waals surface area contributed by atoms with Crippen molar-refractivity contribution in [2.45, 2.75) is 92.8 Å². The molecular weight excluding hydrogens is 416 g/mol. The van der Waals surface area contributed by atoms with Crippen LogP contribution in [0, 0.1) is 0 Å². The van der Waals surface area contributed by atoms with Crippen LogP contribution in [0.1, 0.15) is 39.0 Å². The average molecular weight is 452 g/mol. The minimum Gasteiger partial charge on any atom is -0.394 e. The van der Waals surface area contributed by atoms with Crippen molar-refractivity contribution in [3.05, 3.63) is 12.7 Å². The summed E-state index contributed by atoms with van der Waals surface area (Å²) in [4.78, 5) is 0. The SMILES string of the molecule is C=CC[C@@]1(OC2(CO)O[C@H](CO)[C@@H](O)[C@@H]2O)O[C@H](CO)[C@@H](O)[C@H](O)[C@]1(O)CCCCC. The second-order valence-corrected chi connectivity index (χ2v) is 8.25. The van der Waals surface area contributed by atoms with Gasteiger partial charge in [0.2, 0.25) is 11.6 Å². The van der Waals surface area contributed by atoms with E-state index in [0.717, 1.165) is 6.42 Å². The monoisotopic (exact) mass is 452 g/mol. The first kappa shape index (κ1) is 26.6. The summed E-state index contributed by atoms with van der Waals surface area (Å²) in [6.45, 7) is 3.11. The number of aliphatic hydroxyl groups excluding tert-OH is 7. The summed E-state index contributed by atoms with van der Waals surface area (Å²) in [6, 6.07) is 0. The molecule has 1 unspecified atom stereocenters. The molecule has 2 aliphatic heterocycles. The van der Waals surface area contributed by atoms with E-state index in [9.17, 15) is 40.9 Å². The maximum atomic E-state index is 11.6. The van der Waals surface area contributed by atoms with Crippen molar-refractivity contribution in [3.8, 4) is 0 Å². The molecule has 11 nitrogen and oxygen atoms in total. The van der Waals surface area contributed by atoms with Crippen LogP contribution >= 0.6 is 0 Å². The smallest absolute Gasteiger partial charge is 0.224 e. The fraction of sp³-hybridized carbons (Fsp3) is 0.900. The maximum Gasteiger partial charge on any atom is 0.224 e. The Bertz CT molecular complexity index is 591. The van der Waals surface area contributed by atoms with Gasteiger partial charge in [-0.2, -0.15) is 0 Å². The Morgan fingerprint density at radius 3 is 2.00 bits per heavy atom. The van der Waals surface area contributed by atoms with Crippen molar-refractivity contribution in [1.82, 2.24) is 0 Å². The van der Waals surface area contributed by atoms with E-state index in [4.69, 9.17) is 14.2 Å². The van der Waals surface area contributed by atoms with Gasteiger partial charge in [-0.05, 0) is 6.42 Å². The molecule has 0 aromatic carbocycles. The Kier molecular flexibility index (Phi) is 8.98. The van der Waals surface area contributed by atoms with Gasteiger partial charge in [0.1, 0.15) is 48.8 Å². The minimum atomic E-state index is -2.34. The molecule has 0 amide bonds. The summed E-state index contributed by atoms with van der Waals surface area (Å²) in [5.74, 6) is -4.57. The molecule has 0 saturated carbocycles. The number of unbranched alkanes of at least 4 members (excludes halogenated alkanes) is 2. The molecule has 0 spiro atoms. The summed E-state index contributed by atoms with van der Waals surface area (Å²) >= 11 is 0. The highest BCUT2D eigenvalue weighted by molar-refractivity contribution is 5.12. The van der Waals surface area contributed by atoms with Gasteiger partial charge in [0.05, 0.1) is 13.2 Å². The van der Waals surface area contributed by atoms with Crippen molar-refractivity contribution >= 4 is 0 Å². The zero-order valence-electron chi connectivity index (χ0n) is 17.7. The Labute approximate surface area is 181 Å². The molecule has 31 heavy (non-hydrogen) atoms. The molecule has 0 radical (unpaired) electrons. The van der Waals surface area contributed by atoms with Crippen LogP contribution in [0.2, 0.25) is 0 Å². The fourth-order valence-electron chi connectivity index (χ4n) is 4.36. The number of rotatable bonds is 11. The van der Waals surface area contributed by atoms with Crippen LogP contribution in [0.4, 0.5) is 0 Å². The van der Waals surface area contributed by atoms with Gasteiger partial charge in [0.25, 0.3) is 0 Å². The lowest BCUT2D eigenvalue weighted by atomic mass is 9.74. The predicted molar refractivity (Wildman–Crippen MR) is 105 cm³/mol. The van der Waals surface area contributed by atoms with Crippen LogP contribution in [0.5, 0.6) is 0 Å². The Morgan fingerprint density at radius 2 is 1.52 bits per heavy atom. The molecule has 2 rings (SSSR count). The van der Waals surface area contributed by atoms with Gasteiger partial charge >= 0.3 is 0 Å². The third-order valence-corrected chi connectivity index (χ3v) is 6.19. The molecule has 11 heteroatoms. The van der Waals surface area contributed by atoms with Crippen LogP contribution in [-0.2, 0) is 14.2 Å². The van der Waals surface area contributed by atoms with Gasteiger partial charge in [0.15, 0.2) is 0 Å². The van der Waals surface area contributed by atoms with Crippen LogP contribution in [0.25, 0.3) is 0 Å². The summed E-state index contributed by atoms with van der Waals surface area (Å²) in [5.41, 5.74) is -2.27. The molecule has 0 aromatic rings. The Balaban J connectivity index is 2.56. The molecule has 182 valence electrons. The summed E-state index contributed by atoms with van der Waals surface area (Å²) in [7, 11) is 0. The molecule has 2 fully saturated rings. The first-order valence-corrected chi connectivity index (χ1v) is 10.6. The highest BCUT2D eigenvalue weighted by Crippen LogP contribution is 2.49. The van der Waals surface area contributed by atoms with Gasteiger partial charge in [-0.3, -0.25) is 0 Å². The predicted octanol–water partition coefficient (Wildman–Crippen LogP) is -2.50. The molecule has 0 aromatic heterocycles. The minimum absolute atomic E-state index is 0.103. The normalized spacial score (nSPS) is 45.7. The highest BCUT2D eigenvalue weighted by atomic mass is 16.8. The average Bonchev–Trinajstić information content (AvgIpc) is 3.00. The van der Waals surface area contributed by atoms with Crippen LogP contribution in [0.3, 0.4) is 0 Å². The fourth-order valence-corrected chi connectivity index (χ4v) is 4.36. The summed E-state index contributed by atoms with van der Waals surface area (Å²) < 4.78 is 17.1. The molecule has 0 aliphatic carbocycles. The van der Waals surface area contributed by atoms with Gasteiger partial charge in [-0.25, -0.2) is 0 Å². The molecule has 2 saturated heterocycles. The maximum absolute atomic E-state index is 11.6. The van der Waals surface area contributed by atoms with Gasteiger partial charge in [-0.15, -0.1) is 6.58 Å². The number of hydrogen-bond acceptors (Lipinski definition) is 11. The quantitative estimate of drug-likeness (QED) is 0.122. The highest BCUT2D eigenvalue weighted by Gasteiger charge is 2.68. The zero-order chi connectivity index (χ0) is 23.4. The largest absolute Gasteiger partial charge is 0.394 e. The van der Waals surface area contributed by atoms with Gasteiger partial charge < -0.3 is 55.1 Å². The van der Waals surface area contributed by atoms with Crippen molar-refractivity contribution in [1.29, 1.82) is 0 Å². The van der Waals surface area contributed by atoms with E-state index in [-0.39, 0.29) is 12.8 Å². The molecular formula is C20H36O11. The molecule has 2 aliphatic rings. The Morgan fingerprint density at radius 1 is 0.935 bits per heavy atom. The Hall–Kier alpha value is -0.700. The summed E-state index contributed by atoms with van der Waals surface area (Å²) in [6.07, 6.45) is -6.88. The molecule has 9 atom stereocenters. The summed E-state index contributed by atoms with van der Waals surface area (Å²) in [5, 5.41) is 82.7. The van der Waals surface area contributed by atoms with E-state index in [1.165, 1.54) is 6.08 Å². The van der Waals surface area contributed by atoms with E-state index < -0.39 is 73.6 Å². The van der Waals surface area contributed by atoms with Gasteiger partial charge in [-0.1, -0.05) is 32.3 Å². The molecule has 2 heterocycles. The van der Waals surface area contributed by atoms with E-state index in [2.05, 4.69) is 6.58 Å². The van der Waals surface area contributed by atoms with E-state index in [1.54, 1.807) is 0 Å².